The first kappa shape index (κ1) is 12.0. The Bertz CT molecular complexity index is 457. The Hall–Kier alpha value is -1.05. The molecule has 2 nitrogen and oxygen atoms in total. The van der Waals surface area contributed by atoms with E-state index < -0.39 is 0 Å². The lowest BCUT2D eigenvalue weighted by molar-refractivity contribution is -0.119. The van der Waals surface area contributed by atoms with Crippen LogP contribution < -0.4 is 0 Å². The molecule has 1 heterocycles. The minimum atomic E-state index is 0.0563. The van der Waals surface area contributed by atoms with Crippen LogP contribution in [0, 0.1) is 16.7 Å². The molecule has 0 bridgehead atoms. The fourth-order valence-corrected chi connectivity index (χ4v) is 4.71. The van der Waals surface area contributed by atoms with E-state index in [4.69, 9.17) is 4.42 Å². The van der Waals surface area contributed by atoms with E-state index in [0.717, 1.165) is 12.0 Å². The van der Waals surface area contributed by atoms with Crippen molar-refractivity contribution in [3.05, 3.63) is 24.2 Å². The first-order chi connectivity index (χ1) is 8.45. The van der Waals surface area contributed by atoms with Gasteiger partial charge in [0.2, 0.25) is 0 Å². The van der Waals surface area contributed by atoms with Gasteiger partial charge in [0, 0.05) is 12.0 Å². The molecule has 0 spiro atoms. The van der Waals surface area contributed by atoms with Crippen molar-refractivity contribution in [2.45, 2.75) is 52.4 Å². The van der Waals surface area contributed by atoms with Crippen LogP contribution in [-0.2, 0) is 4.79 Å². The summed E-state index contributed by atoms with van der Waals surface area (Å²) in [5, 5.41) is 0. The number of hydrogen-bond acceptors (Lipinski definition) is 2. The van der Waals surface area contributed by atoms with Gasteiger partial charge >= 0.3 is 0 Å². The quantitative estimate of drug-likeness (QED) is 0.744. The molecule has 0 saturated heterocycles. The van der Waals surface area contributed by atoms with Crippen LogP contribution in [0.5, 0.6) is 0 Å². The lowest BCUT2D eigenvalue weighted by Gasteiger charge is -2.48. The molecular weight excluding hydrogens is 224 g/mol. The fraction of sp³-hybridized carbons (Fsp3) is 0.688. The molecule has 0 N–H and O–H groups in total. The second-order valence-electron chi connectivity index (χ2n) is 7.06. The first-order valence-corrected chi connectivity index (χ1v) is 7.00. The van der Waals surface area contributed by atoms with Gasteiger partial charge < -0.3 is 4.42 Å². The lowest BCUT2D eigenvalue weighted by Crippen LogP contribution is -2.40. The Morgan fingerprint density at radius 1 is 1.28 bits per heavy atom. The minimum absolute atomic E-state index is 0.0563. The van der Waals surface area contributed by atoms with Crippen LogP contribution in [0.4, 0.5) is 0 Å². The van der Waals surface area contributed by atoms with Gasteiger partial charge in [0.05, 0.1) is 18.4 Å². The second kappa shape index (κ2) is 3.72. The fourth-order valence-electron chi connectivity index (χ4n) is 4.71. The maximum absolute atomic E-state index is 12.5. The summed E-state index contributed by atoms with van der Waals surface area (Å²) in [6.07, 6.45) is 7.85. The number of hydrogen-bond donors (Lipinski definition) is 0. The monoisotopic (exact) mass is 246 g/mol. The second-order valence-corrected chi connectivity index (χ2v) is 7.06. The van der Waals surface area contributed by atoms with Gasteiger partial charge in [-0.3, -0.25) is 4.79 Å². The third kappa shape index (κ3) is 1.51. The summed E-state index contributed by atoms with van der Waals surface area (Å²) in [5.41, 5.74) is 1.51. The van der Waals surface area contributed by atoms with Crippen molar-refractivity contribution >= 4 is 5.78 Å². The molecule has 1 aromatic rings. The van der Waals surface area contributed by atoms with Crippen LogP contribution >= 0.6 is 0 Å². The largest absolute Gasteiger partial charge is 0.472 e. The van der Waals surface area contributed by atoms with Gasteiger partial charge in [0.25, 0.3) is 0 Å². The van der Waals surface area contributed by atoms with E-state index in [1.54, 1.807) is 12.5 Å². The number of ketones is 1. The van der Waals surface area contributed by atoms with E-state index >= 15 is 0 Å². The first-order valence-electron chi connectivity index (χ1n) is 7.00. The van der Waals surface area contributed by atoms with Crippen LogP contribution in [0.2, 0.25) is 0 Å². The molecule has 1 aromatic heterocycles. The molecule has 0 unspecified atom stereocenters. The molecule has 0 aliphatic heterocycles. The third-order valence-electron chi connectivity index (χ3n) is 5.54. The highest BCUT2D eigenvalue weighted by atomic mass is 16.3. The highest BCUT2D eigenvalue weighted by Crippen LogP contribution is 2.63. The normalized spacial score (nSPS) is 38.7. The van der Waals surface area contributed by atoms with Crippen molar-refractivity contribution in [1.29, 1.82) is 0 Å². The molecule has 3 atom stereocenters. The van der Waals surface area contributed by atoms with Gasteiger partial charge in [-0.1, -0.05) is 27.2 Å². The smallest absolute Gasteiger partial charge is 0.141 e. The molecule has 2 saturated carbocycles. The molecule has 18 heavy (non-hydrogen) atoms. The van der Waals surface area contributed by atoms with E-state index in [9.17, 15) is 4.79 Å². The Labute approximate surface area is 109 Å². The molecule has 2 aliphatic carbocycles. The minimum Gasteiger partial charge on any atom is -0.472 e. The average molecular weight is 246 g/mol. The van der Waals surface area contributed by atoms with Crippen LogP contribution in [0.25, 0.3) is 0 Å². The van der Waals surface area contributed by atoms with E-state index in [2.05, 4.69) is 20.8 Å². The van der Waals surface area contributed by atoms with Gasteiger partial charge in [-0.15, -0.1) is 0 Å². The zero-order valence-corrected chi connectivity index (χ0v) is 11.5. The zero-order chi connectivity index (χ0) is 13.0. The van der Waals surface area contributed by atoms with Gasteiger partial charge in [0.1, 0.15) is 5.78 Å². The van der Waals surface area contributed by atoms with Crippen LogP contribution in [0.3, 0.4) is 0 Å². The number of rotatable bonds is 1. The van der Waals surface area contributed by atoms with Crippen LogP contribution in [0.1, 0.15) is 57.9 Å². The molecule has 2 aliphatic rings. The maximum Gasteiger partial charge on any atom is 0.141 e. The van der Waals surface area contributed by atoms with Crippen molar-refractivity contribution in [3.8, 4) is 0 Å². The molecule has 2 fully saturated rings. The van der Waals surface area contributed by atoms with E-state index in [1.165, 1.54) is 19.3 Å². The summed E-state index contributed by atoms with van der Waals surface area (Å²) in [4.78, 5) is 12.5. The zero-order valence-electron chi connectivity index (χ0n) is 11.5. The predicted molar refractivity (Wildman–Crippen MR) is 70.3 cm³/mol. The summed E-state index contributed by atoms with van der Waals surface area (Å²) < 4.78 is 5.20. The van der Waals surface area contributed by atoms with Crippen molar-refractivity contribution in [2.24, 2.45) is 16.7 Å². The van der Waals surface area contributed by atoms with Crippen molar-refractivity contribution in [2.75, 3.05) is 0 Å². The number of Topliss-reactive ketones (excluding diaryl/α,β-unsaturated/α-hetero) is 1. The third-order valence-corrected chi connectivity index (χ3v) is 5.54. The van der Waals surface area contributed by atoms with Gasteiger partial charge in [-0.05, 0) is 35.7 Å². The van der Waals surface area contributed by atoms with Gasteiger partial charge in [-0.25, -0.2) is 0 Å². The topological polar surface area (TPSA) is 30.2 Å². The number of furan rings is 1. The standard InChI is InChI=1S/C16H22O2/c1-15(2)6-4-7-16(3)13(15)9-12(17)14(16)11-5-8-18-10-11/h5,8,10,13-14H,4,6-7,9H2,1-3H3/t13-,14-,16+/m0/s1. The van der Waals surface area contributed by atoms with E-state index in [-0.39, 0.29) is 11.3 Å². The highest BCUT2D eigenvalue weighted by Gasteiger charge is 2.58. The molecule has 0 radical (unpaired) electrons. The molecule has 2 heteroatoms. The molecule has 3 rings (SSSR count). The molecular formula is C16H22O2. The molecule has 0 amide bonds. The Morgan fingerprint density at radius 3 is 2.72 bits per heavy atom. The summed E-state index contributed by atoms with van der Waals surface area (Å²) in [6, 6.07) is 1.97. The van der Waals surface area contributed by atoms with Crippen LogP contribution in [-0.4, -0.2) is 5.78 Å². The Balaban J connectivity index is 2.04. The number of fused-ring (bicyclic) bond motifs is 1. The summed E-state index contributed by atoms with van der Waals surface area (Å²) in [6.45, 7) is 6.99. The van der Waals surface area contributed by atoms with E-state index in [0.29, 0.717) is 17.1 Å². The van der Waals surface area contributed by atoms with Gasteiger partial charge in [0.15, 0.2) is 0 Å². The summed E-state index contributed by atoms with van der Waals surface area (Å²) >= 11 is 0. The van der Waals surface area contributed by atoms with Gasteiger partial charge in [-0.2, -0.15) is 0 Å². The van der Waals surface area contributed by atoms with Crippen molar-refractivity contribution in [1.82, 2.24) is 0 Å². The maximum atomic E-state index is 12.5. The van der Waals surface area contributed by atoms with E-state index in [1.807, 2.05) is 6.07 Å². The van der Waals surface area contributed by atoms with Crippen LogP contribution in [0.15, 0.2) is 23.0 Å². The number of carbonyl (C=O) groups is 1. The predicted octanol–water partition coefficient (Wildman–Crippen LogP) is 4.17. The number of carbonyl (C=O) groups excluding carboxylic acids is 1. The van der Waals surface area contributed by atoms with Crippen molar-refractivity contribution in [3.63, 3.8) is 0 Å². The summed E-state index contributed by atoms with van der Waals surface area (Å²) in [5.74, 6) is 0.992. The van der Waals surface area contributed by atoms with Crippen molar-refractivity contribution < 1.29 is 9.21 Å². The Morgan fingerprint density at radius 2 is 2.06 bits per heavy atom. The SMILES string of the molecule is CC1(C)CCC[C@@]2(C)[C@@H](c3ccoc3)C(=O)C[C@@H]12. The lowest BCUT2D eigenvalue weighted by atomic mass is 9.55. The highest BCUT2D eigenvalue weighted by molar-refractivity contribution is 5.89. The average Bonchev–Trinajstić information content (AvgIpc) is 2.84. The molecule has 98 valence electrons. The molecule has 0 aromatic carbocycles. The summed E-state index contributed by atoms with van der Waals surface area (Å²) in [7, 11) is 0. The Kier molecular flexibility index (Phi) is 2.48.